The average molecular weight is 359 g/mol. The number of nitrogens with one attached hydrogen (secondary N) is 1. The lowest BCUT2D eigenvalue weighted by atomic mass is 9.95. The van der Waals surface area contributed by atoms with Gasteiger partial charge in [-0.1, -0.05) is 6.07 Å². The SMILES string of the molecule is COc1ccc(C=C2C(C)=C(C#N)c3[nH+]c(N)c(C#N)c(C)c32)cc1OC. The Morgan fingerprint density at radius 3 is 2.37 bits per heavy atom. The summed E-state index contributed by atoms with van der Waals surface area (Å²) >= 11 is 0. The summed E-state index contributed by atoms with van der Waals surface area (Å²) < 4.78 is 10.7. The zero-order valence-electron chi connectivity index (χ0n) is 15.6. The number of nitrogens with two attached hydrogens (primary N) is 1. The fraction of sp³-hybridized carbons (Fsp3) is 0.190. The number of aromatic amines is 1. The Balaban J connectivity index is 2.27. The van der Waals surface area contributed by atoms with Crippen molar-refractivity contribution in [1.82, 2.24) is 0 Å². The Kier molecular flexibility index (Phi) is 4.58. The molecule has 134 valence electrons. The Bertz CT molecular complexity index is 1100. The third-order valence-corrected chi connectivity index (χ3v) is 4.77. The standard InChI is InChI=1S/C21H18N4O2/c1-11-14(7-13-5-6-17(26-3)18(8-13)27-4)19-12(2)16(10-23)21(24)25-20(19)15(11)9-22/h5-8H,1-4H3,(H2,24,25)/p+1. The molecule has 6 heteroatoms. The first-order valence-electron chi connectivity index (χ1n) is 8.28. The highest BCUT2D eigenvalue weighted by atomic mass is 16.5. The summed E-state index contributed by atoms with van der Waals surface area (Å²) in [6, 6.07) is 9.98. The molecule has 0 amide bonds. The highest BCUT2D eigenvalue weighted by molar-refractivity contribution is 6.07. The summed E-state index contributed by atoms with van der Waals surface area (Å²) in [6.07, 6.45) is 1.97. The van der Waals surface area contributed by atoms with Gasteiger partial charge in [-0.05, 0) is 54.3 Å². The van der Waals surface area contributed by atoms with Crippen molar-refractivity contribution in [1.29, 1.82) is 10.5 Å². The van der Waals surface area contributed by atoms with Crippen molar-refractivity contribution in [2.75, 3.05) is 20.0 Å². The molecule has 0 bridgehead atoms. The zero-order valence-corrected chi connectivity index (χ0v) is 15.6. The van der Waals surface area contributed by atoms with Crippen LogP contribution in [0.4, 0.5) is 5.82 Å². The van der Waals surface area contributed by atoms with Crippen LogP contribution in [0.5, 0.6) is 11.5 Å². The van der Waals surface area contributed by atoms with Crippen LogP contribution in [0.25, 0.3) is 17.2 Å². The van der Waals surface area contributed by atoms with E-state index in [1.807, 2.05) is 38.1 Å². The second kappa shape index (κ2) is 6.86. The summed E-state index contributed by atoms with van der Waals surface area (Å²) in [6.45, 7) is 3.73. The summed E-state index contributed by atoms with van der Waals surface area (Å²) in [5, 5.41) is 19.1. The van der Waals surface area contributed by atoms with E-state index in [0.29, 0.717) is 28.3 Å². The number of methoxy groups -OCH3 is 2. The highest BCUT2D eigenvalue weighted by Crippen LogP contribution is 2.43. The van der Waals surface area contributed by atoms with Crippen molar-refractivity contribution in [2.45, 2.75) is 13.8 Å². The normalized spacial score (nSPS) is 13.9. The number of allylic oxidation sites excluding steroid dienone is 3. The molecule has 0 unspecified atom stereocenters. The van der Waals surface area contributed by atoms with Crippen molar-refractivity contribution < 1.29 is 14.5 Å². The van der Waals surface area contributed by atoms with Gasteiger partial charge in [0.15, 0.2) is 17.2 Å². The van der Waals surface area contributed by atoms with Crippen LogP contribution in [0.1, 0.15) is 34.9 Å². The van der Waals surface area contributed by atoms with Gasteiger partial charge in [0, 0.05) is 5.56 Å². The molecular formula is C21H19N4O2+. The van der Waals surface area contributed by atoms with Crippen molar-refractivity contribution in [2.24, 2.45) is 0 Å². The van der Waals surface area contributed by atoms with Gasteiger partial charge < -0.3 is 9.47 Å². The molecule has 1 aliphatic rings. The van der Waals surface area contributed by atoms with E-state index in [4.69, 9.17) is 15.2 Å². The number of anilines is 1. The van der Waals surface area contributed by atoms with Crippen molar-refractivity contribution in [3.05, 3.63) is 51.7 Å². The molecule has 1 aromatic carbocycles. The molecule has 0 aliphatic heterocycles. The third-order valence-electron chi connectivity index (χ3n) is 4.77. The molecule has 3 rings (SSSR count). The molecule has 0 radical (unpaired) electrons. The molecule has 0 spiro atoms. The average Bonchev–Trinajstić information content (AvgIpc) is 2.92. The van der Waals surface area contributed by atoms with Gasteiger partial charge in [-0.25, -0.2) is 4.98 Å². The first-order valence-corrected chi connectivity index (χ1v) is 8.28. The molecule has 0 saturated heterocycles. The second-order valence-electron chi connectivity index (χ2n) is 6.18. The van der Waals surface area contributed by atoms with Crippen LogP contribution < -0.4 is 20.2 Å². The van der Waals surface area contributed by atoms with Crippen LogP contribution in [0.15, 0.2) is 23.8 Å². The minimum absolute atomic E-state index is 0.265. The predicted molar refractivity (Wildman–Crippen MR) is 102 cm³/mol. The number of H-pyrrole nitrogens is 1. The number of ether oxygens (including phenoxy) is 2. The number of hydrogen-bond acceptors (Lipinski definition) is 5. The van der Waals surface area contributed by atoms with E-state index in [-0.39, 0.29) is 5.82 Å². The Hall–Kier alpha value is -3.77. The van der Waals surface area contributed by atoms with Crippen LogP contribution in [0.2, 0.25) is 0 Å². The zero-order chi connectivity index (χ0) is 19.7. The van der Waals surface area contributed by atoms with Gasteiger partial charge in [0.05, 0.1) is 14.2 Å². The van der Waals surface area contributed by atoms with Crippen LogP contribution in [0.3, 0.4) is 0 Å². The first kappa shape index (κ1) is 18.0. The lowest BCUT2D eigenvalue weighted by molar-refractivity contribution is -0.364. The van der Waals surface area contributed by atoms with Crippen LogP contribution in [-0.2, 0) is 0 Å². The van der Waals surface area contributed by atoms with E-state index in [0.717, 1.165) is 27.8 Å². The maximum absolute atomic E-state index is 9.63. The maximum atomic E-state index is 9.63. The molecule has 3 N–H and O–H groups in total. The largest absolute Gasteiger partial charge is 0.493 e. The molecule has 0 fully saturated rings. The molecule has 0 atom stereocenters. The minimum atomic E-state index is 0.265. The van der Waals surface area contributed by atoms with Gasteiger partial charge in [0.1, 0.15) is 23.3 Å². The first-order chi connectivity index (χ1) is 13.0. The van der Waals surface area contributed by atoms with Gasteiger partial charge in [-0.3, -0.25) is 5.73 Å². The molecule has 2 aromatic rings. The van der Waals surface area contributed by atoms with E-state index in [1.54, 1.807) is 14.2 Å². The monoisotopic (exact) mass is 359 g/mol. The van der Waals surface area contributed by atoms with Crippen molar-refractivity contribution in [3.8, 4) is 23.6 Å². The van der Waals surface area contributed by atoms with E-state index < -0.39 is 0 Å². The van der Waals surface area contributed by atoms with Gasteiger partial charge in [-0.15, -0.1) is 0 Å². The maximum Gasteiger partial charge on any atom is 0.289 e. The fourth-order valence-corrected chi connectivity index (χ4v) is 3.38. The summed E-state index contributed by atoms with van der Waals surface area (Å²) in [5.41, 5.74) is 11.7. The highest BCUT2D eigenvalue weighted by Gasteiger charge is 2.32. The Morgan fingerprint density at radius 1 is 1.07 bits per heavy atom. The molecular weight excluding hydrogens is 340 g/mol. The number of hydrogen-bond donors (Lipinski definition) is 1. The van der Waals surface area contributed by atoms with Gasteiger partial charge in [0.2, 0.25) is 0 Å². The summed E-state index contributed by atoms with van der Waals surface area (Å²) in [7, 11) is 3.17. The number of rotatable bonds is 3. The number of nitrogen functional groups attached to an aromatic ring is 1. The number of pyridine rings is 1. The fourth-order valence-electron chi connectivity index (χ4n) is 3.38. The van der Waals surface area contributed by atoms with Gasteiger partial charge in [-0.2, -0.15) is 10.5 Å². The van der Waals surface area contributed by atoms with Gasteiger partial charge >= 0.3 is 0 Å². The molecule has 1 aliphatic carbocycles. The predicted octanol–water partition coefficient (Wildman–Crippen LogP) is 3.13. The van der Waals surface area contributed by atoms with E-state index in [2.05, 4.69) is 17.1 Å². The quantitative estimate of drug-likeness (QED) is 0.906. The van der Waals surface area contributed by atoms with E-state index >= 15 is 0 Å². The Morgan fingerprint density at radius 2 is 1.78 bits per heavy atom. The van der Waals surface area contributed by atoms with Crippen LogP contribution in [0, 0.1) is 29.6 Å². The van der Waals surface area contributed by atoms with Crippen molar-refractivity contribution in [3.63, 3.8) is 0 Å². The molecule has 0 saturated carbocycles. The lowest BCUT2D eigenvalue weighted by Crippen LogP contribution is -2.20. The smallest absolute Gasteiger partial charge is 0.289 e. The number of fused-ring (bicyclic) bond motifs is 1. The van der Waals surface area contributed by atoms with E-state index in [1.165, 1.54) is 0 Å². The second-order valence-corrected chi connectivity index (χ2v) is 6.18. The summed E-state index contributed by atoms with van der Waals surface area (Å²) in [4.78, 5) is 3.03. The lowest BCUT2D eigenvalue weighted by Gasteiger charge is -2.10. The number of nitriles is 2. The topological polar surface area (TPSA) is 106 Å². The number of aromatic nitrogens is 1. The van der Waals surface area contributed by atoms with Gasteiger partial charge in [0.25, 0.3) is 5.82 Å². The molecule has 1 aromatic heterocycles. The molecule has 27 heavy (non-hydrogen) atoms. The number of benzene rings is 1. The van der Waals surface area contributed by atoms with Crippen LogP contribution in [-0.4, -0.2) is 14.2 Å². The number of nitrogens with zero attached hydrogens (tertiary/aromatic N) is 2. The van der Waals surface area contributed by atoms with E-state index in [9.17, 15) is 10.5 Å². The third kappa shape index (κ3) is 2.78. The molecule has 6 nitrogen and oxygen atoms in total. The minimum Gasteiger partial charge on any atom is -0.493 e. The summed E-state index contributed by atoms with van der Waals surface area (Å²) in [5.74, 6) is 1.52. The Labute approximate surface area is 157 Å². The van der Waals surface area contributed by atoms with Crippen LogP contribution >= 0.6 is 0 Å². The molecule has 1 heterocycles. The van der Waals surface area contributed by atoms with Crippen molar-refractivity contribution >= 4 is 23.0 Å².